The van der Waals surface area contributed by atoms with Crippen molar-refractivity contribution in [2.45, 2.75) is 33.6 Å². The SMILES string of the molecule is CCc1ccc(N2C(=O)CC(C)(C)C2=O)cc1N. The lowest BCUT2D eigenvalue weighted by molar-refractivity contribution is -0.124. The fourth-order valence-electron chi connectivity index (χ4n) is 2.25. The number of aryl methyl sites for hydroxylation is 1. The second-order valence-corrected chi connectivity index (χ2v) is 5.33. The molecule has 0 aromatic heterocycles. The Morgan fingerprint density at radius 3 is 2.44 bits per heavy atom. The van der Waals surface area contributed by atoms with Crippen molar-refractivity contribution in [2.75, 3.05) is 10.6 Å². The van der Waals surface area contributed by atoms with Crippen molar-refractivity contribution in [3.05, 3.63) is 23.8 Å². The van der Waals surface area contributed by atoms with Gasteiger partial charge in [-0.05, 0) is 24.1 Å². The minimum Gasteiger partial charge on any atom is -0.398 e. The van der Waals surface area contributed by atoms with E-state index in [2.05, 4.69) is 0 Å². The summed E-state index contributed by atoms with van der Waals surface area (Å²) in [6, 6.07) is 5.36. The zero-order valence-electron chi connectivity index (χ0n) is 11.0. The summed E-state index contributed by atoms with van der Waals surface area (Å²) in [5, 5.41) is 0. The van der Waals surface area contributed by atoms with Crippen LogP contribution >= 0.6 is 0 Å². The summed E-state index contributed by atoms with van der Waals surface area (Å²) in [4.78, 5) is 25.3. The van der Waals surface area contributed by atoms with Gasteiger partial charge in [0.05, 0.1) is 11.1 Å². The van der Waals surface area contributed by atoms with E-state index in [0.717, 1.165) is 12.0 Å². The molecule has 1 aliphatic rings. The zero-order chi connectivity index (χ0) is 13.5. The van der Waals surface area contributed by atoms with Crippen LogP contribution in [0.25, 0.3) is 0 Å². The smallest absolute Gasteiger partial charge is 0.239 e. The molecule has 0 unspecified atom stereocenters. The summed E-state index contributed by atoms with van der Waals surface area (Å²) in [6.07, 6.45) is 1.08. The molecule has 18 heavy (non-hydrogen) atoms. The van der Waals surface area contributed by atoms with Crippen molar-refractivity contribution >= 4 is 23.2 Å². The van der Waals surface area contributed by atoms with Gasteiger partial charge in [-0.15, -0.1) is 0 Å². The van der Waals surface area contributed by atoms with Crippen LogP contribution in [0, 0.1) is 5.41 Å². The van der Waals surface area contributed by atoms with Crippen LogP contribution in [-0.2, 0) is 16.0 Å². The Balaban J connectivity index is 2.41. The third-order valence-electron chi connectivity index (χ3n) is 3.39. The van der Waals surface area contributed by atoms with E-state index in [-0.39, 0.29) is 18.2 Å². The van der Waals surface area contributed by atoms with Crippen LogP contribution in [0.1, 0.15) is 32.8 Å². The average molecular weight is 246 g/mol. The molecule has 0 radical (unpaired) electrons. The third kappa shape index (κ3) is 1.88. The van der Waals surface area contributed by atoms with Gasteiger partial charge in [-0.2, -0.15) is 0 Å². The quantitative estimate of drug-likeness (QED) is 0.642. The topological polar surface area (TPSA) is 63.4 Å². The molecule has 96 valence electrons. The molecule has 2 N–H and O–H groups in total. The fourth-order valence-corrected chi connectivity index (χ4v) is 2.25. The number of carbonyl (C=O) groups is 2. The molecular formula is C14H18N2O2. The van der Waals surface area contributed by atoms with E-state index in [1.165, 1.54) is 4.90 Å². The van der Waals surface area contributed by atoms with Crippen molar-refractivity contribution in [1.29, 1.82) is 0 Å². The Morgan fingerprint density at radius 2 is 2.00 bits per heavy atom. The van der Waals surface area contributed by atoms with Gasteiger partial charge < -0.3 is 5.73 Å². The van der Waals surface area contributed by atoms with Crippen LogP contribution in [0.15, 0.2) is 18.2 Å². The molecule has 1 saturated heterocycles. The first-order valence-electron chi connectivity index (χ1n) is 6.12. The van der Waals surface area contributed by atoms with Gasteiger partial charge in [0.1, 0.15) is 0 Å². The number of imide groups is 1. The molecule has 1 fully saturated rings. The highest BCUT2D eigenvalue weighted by Gasteiger charge is 2.45. The van der Waals surface area contributed by atoms with E-state index in [9.17, 15) is 9.59 Å². The normalized spacial score (nSPS) is 18.5. The van der Waals surface area contributed by atoms with Crippen LogP contribution in [0.5, 0.6) is 0 Å². The number of hydrogen-bond acceptors (Lipinski definition) is 3. The molecule has 0 atom stereocenters. The lowest BCUT2D eigenvalue weighted by atomic mass is 9.92. The van der Waals surface area contributed by atoms with E-state index in [1.54, 1.807) is 26.0 Å². The Hall–Kier alpha value is -1.84. The van der Waals surface area contributed by atoms with Gasteiger partial charge in [0, 0.05) is 12.1 Å². The molecule has 1 heterocycles. The van der Waals surface area contributed by atoms with Gasteiger partial charge in [-0.1, -0.05) is 26.8 Å². The summed E-state index contributed by atoms with van der Waals surface area (Å²) < 4.78 is 0. The summed E-state index contributed by atoms with van der Waals surface area (Å²) in [6.45, 7) is 5.59. The molecule has 1 aromatic carbocycles. The minimum absolute atomic E-state index is 0.156. The number of nitrogens with zero attached hydrogens (tertiary/aromatic N) is 1. The lowest BCUT2D eigenvalue weighted by Crippen LogP contribution is -2.33. The molecular weight excluding hydrogens is 228 g/mol. The van der Waals surface area contributed by atoms with Gasteiger partial charge in [-0.25, -0.2) is 4.90 Å². The highest BCUT2D eigenvalue weighted by Crippen LogP contribution is 2.35. The monoisotopic (exact) mass is 246 g/mol. The number of amides is 2. The predicted molar refractivity (Wildman–Crippen MR) is 71.1 cm³/mol. The molecule has 4 nitrogen and oxygen atoms in total. The first-order valence-corrected chi connectivity index (χ1v) is 6.12. The molecule has 0 bridgehead atoms. The Morgan fingerprint density at radius 1 is 1.33 bits per heavy atom. The van der Waals surface area contributed by atoms with E-state index in [1.807, 2.05) is 13.0 Å². The Kier molecular flexibility index (Phi) is 2.89. The maximum atomic E-state index is 12.2. The number of benzene rings is 1. The van der Waals surface area contributed by atoms with Crippen LogP contribution in [0.4, 0.5) is 11.4 Å². The highest BCUT2D eigenvalue weighted by atomic mass is 16.2. The van der Waals surface area contributed by atoms with Crippen molar-refractivity contribution in [2.24, 2.45) is 5.41 Å². The van der Waals surface area contributed by atoms with E-state index >= 15 is 0 Å². The van der Waals surface area contributed by atoms with Crippen molar-refractivity contribution in [1.82, 2.24) is 0 Å². The molecule has 0 spiro atoms. The second-order valence-electron chi connectivity index (χ2n) is 5.33. The summed E-state index contributed by atoms with van der Waals surface area (Å²) >= 11 is 0. The maximum Gasteiger partial charge on any atom is 0.239 e. The first kappa shape index (κ1) is 12.6. The molecule has 4 heteroatoms. The van der Waals surface area contributed by atoms with E-state index in [0.29, 0.717) is 11.4 Å². The fraction of sp³-hybridized carbons (Fsp3) is 0.429. The van der Waals surface area contributed by atoms with Gasteiger partial charge in [0.15, 0.2) is 0 Å². The summed E-state index contributed by atoms with van der Waals surface area (Å²) in [7, 11) is 0. The minimum atomic E-state index is -0.616. The number of anilines is 2. The van der Waals surface area contributed by atoms with E-state index in [4.69, 9.17) is 5.73 Å². The maximum absolute atomic E-state index is 12.2. The van der Waals surface area contributed by atoms with Crippen LogP contribution in [-0.4, -0.2) is 11.8 Å². The van der Waals surface area contributed by atoms with Crippen LogP contribution in [0.2, 0.25) is 0 Å². The van der Waals surface area contributed by atoms with Crippen LogP contribution in [0.3, 0.4) is 0 Å². The molecule has 2 amide bonds. The Labute approximate surface area is 107 Å². The number of nitrogen functional groups attached to an aromatic ring is 1. The Bertz CT molecular complexity index is 521. The van der Waals surface area contributed by atoms with Crippen molar-refractivity contribution in [3.8, 4) is 0 Å². The summed E-state index contributed by atoms with van der Waals surface area (Å²) in [5.41, 5.74) is 7.52. The van der Waals surface area contributed by atoms with Crippen LogP contribution < -0.4 is 10.6 Å². The molecule has 1 aliphatic heterocycles. The molecule has 1 aromatic rings. The summed E-state index contributed by atoms with van der Waals surface area (Å²) in [5.74, 6) is -0.315. The van der Waals surface area contributed by atoms with E-state index < -0.39 is 5.41 Å². The highest BCUT2D eigenvalue weighted by molar-refractivity contribution is 6.22. The largest absolute Gasteiger partial charge is 0.398 e. The number of hydrogen-bond donors (Lipinski definition) is 1. The van der Waals surface area contributed by atoms with Gasteiger partial charge in [0.2, 0.25) is 11.8 Å². The first-order chi connectivity index (χ1) is 8.36. The number of nitrogens with two attached hydrogens (primary N) is 1. The zero-order valence-corrected chi connectivity index (χ0v) is 11.0. The average Bonchev–Trinajstić information content (AvgIpc) is 2.48. The lowest BCUT2D eigenvalue weighted by Gasteiger charge is -2.18. The van der Waals surface area contributed by atoms with Gasteiger partial charge >= 0.3 is 0 Å². The predicted octanol–water partition coefficient (Wildman–Crippen LogP) is 2.12. The van der Waals surface area contributed by atoms with Crippen molar-refractivity contribution in [3.63, 3.8) is 0 Å². The second kappa shape index (κ2) is 4.12. The molecule has 0 aliphatic carbocycles. The van der Waals surface area contributed by atoms with Gasteiger partial charge in [0.25, 0.3) is 0 Å². The molecule has 2 rings (SSSR count). The number of carbonyl (C=O) groups excluding carboxylic acids is 2. The standard InChI is InChI=1S/C14H18N2O2/c1-4-9-5-6-10(7-11(9)15)16-12(17)8-14(2,3)13(16)18/h5-7H,4,8,15H2,1-3H3. The molecule has 0 saturated carbocycles. The number of rotatable bonds is 2. The van der Waals surface area contributed by atoms with Gasteiger partial charge in [-0.3, -0.25) is 9.59 Å². The third-order valence-corrected chi connectivity index (χ3v) is 3.39. The van der Waals surface area contributed by atoms with Crippen molar-refractivity contribution < 1.29 is 9.59 Å².